The molecular weight excluding hydrogens is 178 g/mol. The minimum atomic E-state index is -0.491. The molecule has 3 heteroatoms. The normalized spacial score (nSPS) is 12.7. The number of hydrogen-bond acceptors (Lipinski definition) is 2. The molecule has 0 radical (unpaired) electrons. The van der Waals surface area contributed by atoms with Gasteiger partial charge in [0.05, 0.1) is 5.92 Å². The predicted molar refractivity (Wildman–Crippen MR) is 56.9 cm³/mol. The van der Waals surface area contributed by atoms with E-state index in [0.29, 0.717) is 13.1 Å². The second kappa shape index (κ2) is 5.78. The molecule has 0 saturated heterocycles. The van der Waals surface area contributed by atoms with Crippen LogP contribution in [0.4, 0.5) is 0 Å². The molecule has 0 aromatic carbocycles. The van der Waals surface area contributed by atoms with Gasteiger partial charge in [0.25, 0.3) is 0 Å². The van der Waals surface area contributed by atoms with Gasteiger partial charge in [0.15, 0.2) is 0 Å². The molecular formula is C11H21NO2. The van der Waals surface area contributed by atoms with E-state index in [2.05, 4.69) is 0 Å². The van der Waals surface area contributed by atoms with Gasteiger partial charge in [0.2, 0.25) is 5.91 Å². The van der Waals surface area contributed by atoms with Crippen LogP contribution >= 0.6 is 0 Å². The van der Waals surface area contributed by atoms with E-state index in [1.165, 1.54) is 0 Å². The molecule has 14 heavy (non-hydrogen) atoms. The Morgan fingerprint density at radius 3 is 1.79 bits per heavy atom. The highest BCUT2D eigenvalue weighted by atomic mass is 16.2. The van der Waals surface area contributed by atoms with E-state index < -0.39 is 5.92 Å². The highest BCUT2D eigenvalue weighted by Gasteiger charge is 2.26. The lowest BCUT2D eigenvalue weighted by atomic mass is 9.96. The van der Waals surface area contributed by atoms with E-state index >= 15 is 0 Å². The molecule has 0 heterocycles. The fourth-order valence-electron chi connectivity index (χ4n) is 1.43. The summed E-state index contributed by atoms with van der Waals surface area (Å²) in [5.74, 6) is -0.574. The van der Waals surface area contributed by atoms with Crippen LogP contribution in [-0.2, 0) is 9.59 Å². The van der Waals surface area contributed by atoms with Crippen molar-refractivity contribution in [1.29, 1.82) is 0 Å². The zero-order chi connectivity index (χ0) is 11.3. The lowest BCUT2D eigenvalue weighted by Crippen LogP contribution is -2.39. The Morgan fingerprint density at radius 2 is 1.50 bits per heavy atom. The van der Waals surface area contributed by atoms with Gasteiger partial charge in [0, 0.05) is 19.0 Å². The van der Waals surface area contributed by atoms with Crippen LogP contribution in [0.15, 0.2) is 0 Å². The van der Waals surface area contributed by atoms with Crippen molar-refractivity contribution in [1.82, 2.24) is 4.90 Å². The number of carbonyl (C=O) groups excluding carboxylic acids is 2. The molecule has 0 fully saturated rings. The molecule has 82 valence electrons. The molecule has 3 nitrogen and oxygen atoms in total. The second-order valence-electron chi connectivity index (χ2n) is 3.79. The van der Waals surface area contributed by atoms with Gasteiger partial charge in [-0.15, -0.1) is 0 Å². The number of nitrogens with zero attached hydrogens (tertiary/aromatic N) is 1. The molecule has 0 aromatic heterocycles. The Labute approximate surface area is 86.5 Å². The zero-order valence-electron chi connectivity index (χ0n) is 9.83. The van der Waals surface area contributed by atoms with Crippen LogP contribution in [0, 0.1) is 11.8 Å². The molecule has 0 N–H and O–H groups in total. The Bertz CT molecular complexity index is 207. The van der Waals surface area contributed by atoms with Crippen LogP contribution in [0.5, 0.6) is 0 Å². The molecule has 0 bridgehead atoms. The summed E-state index contributed by atoms with van der Waals surface area (Å²) in [6.45, 7) is 10.5. The van der Waals surface area contributed by atoms with Gasteiger partial charge >= 0.3 is 0 Å². The number of amides is 1. The lowest BCUT2D eigenvalue weighted by molar-refractivity contribution is -0.141. The highest BCUT2D eigenvalue weighted by molar-refractivity contribution is 6.01. The maximum Gasteiger partial charge on any atom is 0.232 e. The average Bonchev–Trinajstić information content (AvgIpc) is 2.17. The van der Waals surface area contributed by atoms with Gasteiger partial charge in [-0.3, -0.25) is 9.59 Å². The van der Waals surface area contributed by atoms with E-state index in [-0.39, 0.29) is 17.6 Å². The van der Waals surface area contributed by atoms with Crippen molar-refractivity contribution in [2.24, 2.45) is 11.8 Å². The molecule has 0 aliphatic heterocycles. The van der Waals surface area contributed by atoms with Crippen LogP contribution in [0.25, 0.3) is 0 Å². The van der Waals surface area contributed by atoms with Crippen molar-refractivity contribution >= 4 is 11.7 Å². The first kappa shape index (κ1) is 13.1. The van der Waals surface area contributed by atoms with Crippen molar-refractivity contribution in [2.75, 3.05) is 13.1 Å². The third-order valence-electron chi connectivity index (χ3n) is 2.44. The molecule has 0 saturated carbocycles. The standard InChI is InChI=1S/C11H21NO2/c1-6-12(7-2)11(14)9(5)10(13)8(3)4/h8-9H,6-7H2,1-5H3. The monoisotopic (exact) mass is 199 g/mol. The van der Waals surface area contributed by atoms with Crippen molar-refractivity contribution in [2.45, 2.75) is 34.6 Å². The maximum absolute atomic E-state index is 11.8. The summed E-state index contributed by atoms with van der Waals surface area (Å²) in [7, 11) is 0. The summed E-state index contributed by atoms with van der Waals surface area (Å²) in [5, 5.41) is 0. The third-order valence-corrected chi connectivity index (χ3v) is 2.44. The molecule has 0 rings (SSSR count). The molecule has 1 atom stereocenters. The van der Waals surface area contributed by atoms with Crippen molar-refractivity contribution in [3.05, 3.63) is 0 Å². The average molecular weight is 199 g/mol. The largest absolute Gasteiger partial charge is 0.343 e. The first-order valence-electron chi connectivity index (χ1n) is 5.28. The van der Waals surface area contributed by atoms with Crippen LogP contribution in [0.3, 0.4) is 0 Å². The number of rotatable bonds is 5. The summed E-state index contributed by atoms with van der Waals surface area (Å²) in [6.07, 6.45) is 0. The summed E-state index contributed by atoms with van der Waals surface area (Å²) in [6, 6.07) is 0. The van der Waals surface area contributed by atoms with Crippen LogP contribution < -0.4 is 0 Å². The zero-order valence-corrected chi connectivity index (χ0v) is 9.83. The summed E-state index contributed by atoms with van der Waals surface area (Å²) in [5.41, 5.74) is 0. The highest BCUT2D eigenvalue weighted by Crippen LogP contribution is 2.09. The van der Waals surface area contributed by atoms with Crippen LogP contribution in [0.1, 0.15) is 34.6 Å². The van der Waals surface area contributed by atoms with Gasteiger partial charge < -0.3 is 4.90 Å². The molecule has 0 aliphatic carbocycles. The van der Waals surface area contributed by atoms with Gasteiger partial charge in [-0.1, -0.05) is 13.8 Å². The second-order valence-corrected chi connectivity index (χ2v) is 3.79. The topological polar surface area (TPSA) is 37.4 Å². The Morgan fingerprint density at radius 1 is 1.07 bits per heavy atom. The first-order chi connectivity index (χ1) is 6.45. The van der Waals surface area contributed by atoms with E-state index in [0.717, 1.165) is 0 Å². The number of ketones is 1. The van der Waals surface area contributed by atoms with Crippen molar-refractivity contribution < 1.29 is 9.59 Å². The molecule has 0 aliphatic rings. The molecule has 0 spiro atoms. The number of Topliss-reactive ketones (excluding diaryl/α,β-unsaturated/α-hetero) is 1. The van der Waals surface area contributed by atoms with E-state index in [4.69, 9.17) is 0 Å². The third kappa shape index (κ3) is 3.13. The lowest BCUT2D eigenvalue weighted by Gasteiger charge is -2.22. The number of carbonyl (C=O) groups is 2. The van der Waals surface area contributed by atoms with Gasteiger partial charge in [0.1, 0.15) is 5.78 Å². The Balaban J connectivity index is 4.45. The van der Waals surface area contributed by atoms with Crippen molar-refractivity contribution in [3.63, 3.8) is 0 Å². The van der Waals surface area contributed by atoms with E-state index in [1.807, 2.05) is 27.7 Å². The quantitative estimate of drug-likeness (QED) is 0.632. The summed E-state index contributed by atoms with van der Waals surface area (Å²) < 4.78 is 0. The first-order valence-corrected chi connectivity index (χ1v) is 5.28. The van der Waals surface area contributed by atoms with Gasteiger partial charge in [-0.05, 0) is 20.8 Å². The van der Waals surface area contributed by atoms with Crippen LogP contribution in [0.2, 0.25) is 0 Å². The van der Waals surface area contributed by atoms with E-state index in [1.54, 1.807) is 11.8 Å². The fraction of sp³-hybridized carbons (Fsp3) is 0.818. The van der Waals surface area contributed by atoms with Crippen molar-refractivity contribution in [3.8, 4) is 0 Å². The molecule has 1 amide bonds. The number of hydrogen-bond donors (Lipinski definition) is 0. The summed E-state index contributed by atoms with van der Waals surface area (Å²) in [4.78, 5) is 25.0. The Hall–Kier alpha value is -0.860. The Kier molecular flexibility index (Phi) is 5.43. The minimum Gasteiger partial charge on any atom is -0.343 e. The van der Waals surface area contributed by atoms with Crippen LogP contribution in [-0.4, -0.2) is 29.7 Å². The molecule has 1 unspecified atom stereocenters. The molecule has 0 aromatic rings. The SMILES string of the molecule is CCN(CC)C(=O)C(C)C(=O)C(C)C. The van der Waals surface area contributed by atoms with Gasteiger partial charge in [-0.25, -0.2) is 0 Å². The predicted octanol–water partition coefficient (Wildman–Crippen LogP) is 1.72. The summed E-state index contributed by atoms with van der Waals surface area (Å²) >= 11 is 0. The van der Waals surface area contributed by atoms with E-state index in [9.17, 15) is 9.59 Å². The smallest absolute Gasteiger partial charge is 0.232 e. The van der Waals surface area contributed by atoms with Gasteiger partial charge in [-0.2, -0.15) is 0 Å². The fourth-order valence-corrected chi connectivity index (χ4v) is 1.43. The minimum absolute atomic E-state index is 0.0295. The maximum atomic E-state index is 11.8.